The predicted molar refractivity (Wildman–Crippen MR) is 132 cm³/mol. The van der Waals surface area contributed by atoms with Crippen LogP contribution in [0.2, 0.25) is 10.0 Å². The van der Waals surface area contributed by atoms with Gasteiger partial charge in [-0.1, -0.05) is 41.4 Å². The van der Waals surface area contributed by atoms with Crippen LogP contribution in [0.15, 0.2) is 65.8 Å². The number of anilines is 2. The van der Waals surface area contributed by atoms with E-state index in [0.717, 1.165) is 27.7 Å². The minimum absolute atomic E-state index is 0.0733. The molecule has 1 aliphatic heterocycles. The van der Waals surface area contributed by atoms with Crippen LogP contribution >= 0.6 is 23.2 Å². The van der Waals surface area contributed by atoms with Crippen molar-refractivity contribution in [3.05, 3.63) is 87.7 Å². The average Bonchev–Trinajstić information content (AvgIpc) is 2.81. The Balaban J connectivity index is 1.43. The monoisotopic (exact) mass is 498 g/mol. The van der Waals surface area contributed by atoms with Gasteiger partial charge in [0.1, 0.15) is 10.7 Å². The van der Waals surface area contributed by atoms with Crippen LogP contribution in [0.3, 0.4) is 0 Å². The molecule has 0 radical (unpaired) electrons. The molecule has 6 nitrogen and oxygen atoms in total. The molecule has 0 atom stereocenters. The zero-order valence-electron chi connectivity index (χ0n) is 17.7. The van der Waals surface area contributed by atoms with Gasteiger partial charge in [-0.25, -0.2) is 13.4 Å². The highest BCUT2D eigenvalue weighted by atomic mass is 35.5. The van der Waals surface area contributed by atoms with E-state index in [0.29, 0.717) is 29.4 Å². The van der Waals surface area contributed by atoms with Crippen LogP contribution in [0.25, 0.3) is 10.9 Å². The standard InChI is InChI=1S/C24H20Cl2N4O2S/c1-15-10-23(21(26)12-20(15)25)33(31,32)30-9-7-19-17(14-30)6-8-27-24(19)29-18-11-16-4-2-3-5-22(16)28-13-18/h2-6,8,10-13H,7,9,14H2,1H3,(H,27,29). The second kappa shape index (κ2) is 8.57. The molecule has 2 aromatic heterocycles. The lowest BCUT2D eigenvalue weighted by Crippen LogP contribution is -2.36. The van der Waals surface area contributed by atoms with Crippen LogP contribution in [0.1, 0.15) is 16.7 Å². The number of pyridine rings is 2. The number of fused-ring (bicyclic) bond motifs is 2. The van der Waals surface area contributed by atoms with Crippen molar-refractivity contribution >= 4 is 55.6 Å². The van der Waals surface area contributed by atoms with Crippen molar-refractivity contribution in [2.75, 3.05) is 11.9 Å². The predicted octanol–water partition coefficient (Wildman–Crippen LogP) is 5.74. The number of para-hydroxylation sites is 1. The van der Waals surface area contributed by atoms with Gasteiger partial charge in [0.2, 0.25) is 10.0 Å². The van der Waals surface area contributed by atoms with E-state index in [1.54, 1.807) is 19.3 Å². The Hall–Kier alpha value is -2.71. The van der Waals surface area contributed by atoms with Crippen LogP contribution in [-0.2, 0) is 23.0 Å². The summed E-state index contributed by atoms with van der Waals surface area (Å²) in [6.07, 6.45) is 3.98. The summed E-state index contributed by atoms with van der Waals surface area (Å²) in [6.45, 7) is 2.32. The van der Waals surface area contributed by atoms with Crippen LogP contribution < -0.4 is 5.32 Å². The van der Waals surface area contributed by atoms with Crippen LogP contribution in [-0.4, -0.2) is 29.2 Å². The highest BCUT2D eigenvalue weighted by molar-refractivity contribution is 7.89. The zero-order chi connectivity index (χ0) is 23.2. The van der Waals surface area contributed by atoms with Crippen molar-refractivity contribution in [2.45, 2.75) is 24.8 Å². The molecule has 0 saturated carbocycles. The molecule has 0 fully saturated rings. The minimum atomic E-state index is -3.78. The fourth-order valence-corrected chi connectivity index (χ4v) is 6.25. The van der Waals surface area contributed by atoms with Gasteiger partial charge in [0.25, 0.3) is 0 Å². The number of aryl methyl sites for hydroxylation is 1. The number of nitrogens with zero attached hydrogens (tertiary/aromatic N) is 3. The molecule has 3 heterocycles. The van der Waals surface area contributed by atoms with Crippen molar-refractivity contribution < 1.29 is 8.42 Å². The highest BCUT2D eigenvalue weighted by Gasteiger charge is 2.31. The normalized spacial score (nSPS) is 14.3. The van der Waals surface area contributed by atoms with Gasteiger partial charge in [-0.15, -0.1) is 0 Å². The summed E-state index contributed by atoms with van der Waals surface area (Å²) in [5.41, 5.74) is 4.31. The summed E-state index contributed by atoms with van der Waals surface area (Å²) in [4.78, 5) is 9.07. The number of sulfonamides is 1. The summed E-state index contributed by atoms with van der Waals surface area (Å²) in [6, 6.07) is 14.8. The number of rotatable bonds is 4. The maximum atomic E-state index is 13.3. The highest BCUT2D eigenvalue weighted by Crippen LogP contribution is 2.34. The number of hydrogen-bond acceptors (Lipinski definition) is 5. The largest absolute Gasteiger partial charge is 0.339 e. The molecule has 1 aliphatic rings. The first-order chi connectivity index (χ1) is 15.8. The van der Waals surface area contributed by atoms with Gasteiger partial charge < -0.3 is 5.32 Å². The Bertz CT molecular complexity index is 1490. The lowest BCUT2D eigenvalue weighted by Gasteiger charge is -2.29. The Morgan fingerprint density at radius 2 is 1.85 bits per heavy atom. The number of nitrogens with one attached hydrogen (secondary N) is 1. The SMILES string of the molecule is Cc1cc(S(=O)(=O)N2CCc3c(ccnc3Nc3cnc4ccccc4c3)C2)c(Cl)cc1Cl. The number of hydrogen-bond donors (Lipinski definition) is 1. The summed E-state index contributed by atoms with van der Waals surface area (Å²) in [5.74, 6) is 0.710. The number of aromatic nitrogens is 2. The average molecular weight is 499 g/mol. The first kappa shape index (κ1) is 22.1. The molecule has 9 heteroatoms. The molecule has 0 saturated heterocycles. The number of halogens is 2. The molecule has 5 rings (SSSR count). The van der Waals surface area contributed by atoms with Crippen molar-refractivity contribution in [1.29, 1.82) is 0 Å². The molecular weight excluding hydrogens is 479 g/mol. The topological polar surface area (TPSA) is 75.2 Å². The van der Waals surface area contributed by atoms with Gasteiger partial charge in [-0.2, -0.15) is 4.31 Å². The smallest absolute Gasteiger partial charge is 0.244 e. The Morgan fingerprint density at radius 3 is 2.70 bits per heavy atom. The lowest BCUT2D eigenvalue weighted by atomic mass is 10.0. The second-order valence-electron chi connectivity index (χ2n) is 7.96. The molecule has 2 aromatic carbocycles. The molecule has 0 spiro atoms. The van der Waals surface area contributed by atoms with Crippen molar-refractivity contribution in [3.63, 3.8) is 0 Å². The summed E-state index contributed by atoms with van der Waals surface area (Å²) in [7, 11) is -3.78. The number of benzene rings is 2. The fourth-order valence-electron chi connectivity index (χ4n) is 4.02. The molecule has 0 aliphatic carbocycles. The molecule has 4 aromatic rings. The molecule has 168 valence electrons. The fraction of sp³-hybridized carbons (Fsp3) is 0.167. The van der Waals surface area contributed by atoms with E-state index in [4.69, 9.17) is 23.2 Å². The maximum Gasteiger partial charge on any atom is 0.244 e. The van der Waals surface area contributed by atoms with E-state index in [2.05, 4.69) is 15.3 Å². The molecular formula is C24H20Cl2N4O2S. The third-order valence-electron chi connectivity index (χ3n) is 5.79. The van der Waals surface area contributed by atoms with E-state index >= 15 is 0 Å². The molecule has 0 unspecified atom stereocenters. The summed E-state index contributed by atoms with van der Waals surface area (Å²) < 4.78 is 28.1. The minimum Gasteiger partial charge on any atom is -0.339 e. The summed E-state index contributed by atoms with van der Waals surface area (Å²) in [5, 5.41) is 4.94. The Morgan fingerprint density at radius 1 is 1.03 bits per heavy atom. The van der Waals surface area contributed by atoms with Crippen molar-refractivity contribution in [3.8, 4) is 0 Å². The molecule has 0 amide bonds. The first-order valence-electron chi connectivity index (χ1n) is 10.4. The van der Waals surface area contributed by atoms with Gasteiger partial charge in [0.15, 0.2) is 0 Å². The van der Waals surface area contributed by atoms with Crippen molar-refractivity contribution in [1.82, 2.24) is 14.3 Å². The van der Waals surface area contributed by atoms with E-state index < -0.39 is 10.0 Å². The van der Waals surface area contributed by atoms with Gasteiger partial charge in [0, 0.05) is 35.3 Å². The molecule has 0 bridgehead atoms. The molecule has 33 heavy (non-hydrogen) atoms. The van der Waals surface area contributed by atoms with E-state index in [9.17, 15) is 8.42 Å². The van der Waals surface area contributed by atoms with Gasteiger partial charge >= 0.3 is 0 Å². The zero-order valence-corrected chi connectivity index (χ0v) is 20.0. The van der Waals surface area contributed by atoms with Gasteiger partial charge in [-0.3, -0.25) is 4.98 Å². The van der Waals surface area contributed by atoms with Gasteiger partial charge in [0.05, 0.1) is 22.4 Å². The van der Waals surface area contributed by atoms with E-state index in [-0.39, 0.29) is 16.5 Å². The van der Waals surface area contributed by atoms with Gasteiger partial charge in [-0.05, 0) is 54.8 Å². The van der Waals surface area contributed by atoms with E-state index in [1.807, 2.05) is 36.4 Å². The quantitative estimate of drug-likeness (QED) is 0.388. The van der Waals surface area contributed by atoms with E-state index in [1.165, 1.54) is 16.4 Å². The molecule has 1 N–H and O–H groups in total. The van der Waals surface area contributed by atoms with Crippen LogP contribution in [0.5, 0.6) is 0 Å². The third kappa shape index (κ3) is 4.17. The third-order valence-corrected chi connectivity index (χ3v) is 8.51. The Kier molecular flexibility index (Phi) is 5.74. The Labute approximate surface area is 202 Å². The lowest BCUT2D eigenvalue weighted by molar-refractivity contribution is 0.391. The first-order valence-corrected chi connectivity index (χ1v) is 12.6. The maximum absolute atomic E-state index is 13.3. The van der Waals surface area contributed by atoms with Crippen LogP contribution in [0.4, 0.5) is 11.5 Å². The second-order valence-corrected chi connectivity index (χ2v) is 10.7. The summed E-state index contributed by atoms with van der Waals surface area (Å²) >= 11 is 12.3. The van der Waals surface area contributed by atoms with Crippen molar-refractivity contribution in [2.24, 2.45) is 0 Å². The van der Waals surface area contributed by atoms with Crippen LogP contribution in [0, 0.1) is 6.92 Å².